The van der Waals surface area contributed by atoms with Crippen molar-refractivity contribution < 1.29 is 13.6 Å². The molecule has 0 saturated carbocycles. The highest BCUT2D eigenvalue weighted by atomic mass is 19.1. The molecular formula is C15H17FN2O2. The number of hydrogen-bond acceptors (Lipinski definition) is 2. The third-order valence-electron chi connectivity index (χ3n) is 2.91. The number of benzene rings is 1. The van der Waals surface area contributed by atoms with Crippen LogP contribution in [0, 0.1) is 19.7 Å². The maximum atomic E-state index is 13.6. The van der Waals surface area contributed by atoms with E-state index >= 15 is 0 Å². The van der Waals surface area contributed by atoms with E-state index in [1.54, 1.807) is 26.0 Å². The number of hydrogen-bond donors (Lipinski definition) is 2. The van der Waals surface area contributed by atoms with Gasteiger partial charge in [-0.2, -0.15) is 0 Å². The Balaban J connectivity index is 1.98. The minimum Gasteiger partial charge on any atom is -0.464 e. The summed E-state index contributed by atoms with van der Waals surface area (Å²) in [7, 11) is 0. The maximum absolute atomic E-state index is 13.6. The van der Waals surface area contributed by atoms with Crippen molar-refractivity contribution in [3.63, 3.8) is 0 Å². The molecule has 0 radical (unpaired) electrons. The molecule has 1 aromatic heterocycles. The van der Waals surface area contributed by atoms with Crippen molar-refractivity contribution in [1.82, 2.24) is 5.32 Å². The molecule has 2 N–H and O–H groups in total. The Bertz CT molecular complexity index is 622. The molecule has 0 saturated heterocycles. The Kier molecular flexibility index (Phi) is 4.08. The predicted molar refractivity (Wildman–Crippen MR) is 75.2 cm³/mol. The van der Waals surface area contributed by atoms with E-state index in [2.05, 4.69) is 10.6 Å². The number of nitrogens with one attached hydrogen (secondary N) is 2. The second-order valence-electron chi connectivity index (χ2n) is 4.75. The first-order chi connectivity index (χ1) is 9.45. The van der Waals surface area contributed by atoms with Crippen molar-refractivity contribution in [2.45, 2.75) is 26.8 Å². The van der Waals surface area contributed by atoms with Crippen LogP contribution in [0.15, 0.2) is 34.7 Å². The van der Waals surface area contributed by atoms with Gasteiger partial charge in [-0.15, -0.1) is 0 Å². The molecule has 0 aliphatic heterocycles. The van der Waals surface area contributed by atoms with Gasteiger partial charge in [0.25, 0.3) is 0 Å². The van der Waals surface area contributed by atoms with Gasteiger partial charge >= 0.3 is 6.03 Å². The molecule has 2 aromatic rings. The van der Waals surface area contributed by atoms with Crippen molar-refractivity contribution in [3.8, 4) is 0 Å². The van der Waals surface area contributed by atoms with E-state index in [4.69, 9.17) is 4.42 Å². The van der Waals surface area contributed by atoms with E-state index in [9.17, 15) is 9.18 Å². The van der Waals surface area contributed by atoms with Gasteiger partial charge in [0.15, 0.2) is 0 Å². The minimum absolute atomic E-state index is 0.149. The quantitative estimate of drug-likeness (QED) is 0.892. The van der Waals surface area contributed by atoms with Gasteiger partial charge in [0.05, 0.1) is 11.7 Å². The number of urea groups is 1. The zero-order valence-corrected chi connectivity index (χ0v) is 11.7. The van der Waals surface area contributed by atoms with Crippen molar-refractivity contribution in [1.29, 1.82) is 0 Å². The summed E-state index contributed by atoms with van der Waals surface area (Å²) in [6.45, 7) is 5.41. The first-order valence-corrected chi connectivity index (χ1v) is 6.35. The van der Waals surface area contributed by atoms with Crippen LogP contribution in [0.3, 0.4) is 0 Å². The lowest BCUT2D eigenvalue weighted by Crippen LogP contribution is -2.31. The Hall–Kier alpha value is -2.30. The largest absolute Gasteiger partial charge is 0.464 e. The Morgan fingerprint density at radius 2 is 2.00 bits per heavy atom. The number of anilines is 1. The van der Waals surface area contributed by atoms with Crippen LogP contribution < -0.4 is 10.6 Å². The zero-order chi connectivity index (χ0) is 14.7. The van der Waals surface area contributed by atoms with E-state index < -0.39 is 11.8 Å². The van der Waals surface area contributed by atoms with Crippen molar-refractivity contribution in [3.05, 3.63) is 53.2 Å². The Morgan fingerprint density at radius 1 is 1.25 bits per heavy atom. The summed E-state index contributed by atoms with van der Waals surface area (Å²) in [6, 6.07) is 7.49. The molecule has 1 unspecified atom stereocenters. The molecule has 0 spiro atoms. The van der Waals surface area contributed by atoms with Crippen LogP contribution in [0.2, 0.25) is 0 Å². The molecule has 0 aliphatic rings. The summed E-state index contributed by atoms with van der Waals surface area (Å²) in [5, 5.41) is 5.17. The first kappa shape index (κ1) is 14.1. The summed E-state index contributed by atoms with van der Waals surface area (Å²) >= 11 is 0. The molecule has 5 heteroatoms. The molecule has 1 heterocycles. The first-order valence-electron chi connectivity index (χ1n) is 6.35. The number of halogens is 1. The average Bonchev–Trinajstić information content (AvgIpc) is 2.79. The van der Waals surface area contributed by atoms with Gasteiger partial charge in [-0.1, -0.05) is 6.07 Å². The van der Waals surface area contributed by atoms with Crippen LogP contribution in [-0.4, -0.2) is 6.03 Å². The molecule has 4 nitrogen and oxygen atoms in total. The summed E-state index contributed by atoms with van der Waals surface area (Å²) < 4.78 is 19.0. The molecule has 0 bridgehead atoms. The standard InChI is InChI=1S/C15H17FN2O2/c1-9-4-6-13(12(16)8-9)18-15(19)17-11(3)14-7-5-10(2)20-14/h4-8,11H,1-3H3,(H2,17,18,19). The summed E-state index contributed by atoms with van der Waals surface area (Å²) in [6.07, 6.45) is 0. The van der Waals surface area contributed by atoms with Gasteiger partial charge in [-0.3, -0.25) is 0 Å². The second-order valence-corrected chi connectivity index (χ2v) is 4.75. The van der Waals surface area contributed by atoms with Crippen molar-refractivity contribution in [2.75, 3.05) is 5.32 Å². The van der Waals surface area contributed by atoms with Gasteiger partial charge in [0.1, 0.15) is 17.3 Å². The summed E-state index contributed by atoms with van der Waals surface area (Å²) in [4.78, 5) is 11.8. The highest BCUT2D eigenvalue weighted by molar-refractivity contribution is 5.89. The molecular weight excluding hydrogens is 259 g/mol. The van der Waals surface area contributed by atoms with Gasteiger partial charge in [0.2, 0.25) is 0 Å². The predicted octanol–water partition coefficient (Wildman–Crippen LogP) is 3.92. The molecule has 20 heavy (non-hydrogen) atoms. The number of amides is 2. The zero-order valence-electron chi connectivity index (χ0n) is 11.7. The second kappa shape index (κ2) is 5.77. The van der Waals surface area contributed by atoms with Gasteiger partial charge in [-0.05, 0) is 50.6 Å². The van der Waals surface area contributed by atoms with E-state index in [1.807, 2.05) is 13.0 Å². The van der Waals surface area contributed by atoms with Crippen LogP contribution >= 0.6 is 0 Å². The lowest BCUT2D eigenvalue weighted by molar-refractivity contribution is 0.247. The van der Waals surface area contributed by atoms with Crippen LogP contribution in [0.1, 0.15) is 30.0 Å². The van der Waals surface area contributed by atoms with Crippen LogP contribution in [0.5, 0.6) is 0 Å². The third kappa shape index (κ3) is 3.38. The van der Waals surface area contributed by atoms with Crippen molar-refractivity contribution in [2.24, 2.45) is 0 Å². The lowest BCUT2D eigenvalue weighted by Gasteiger charge is -2.13. The molecule has 0 aliphatic carbocycles. The van der Waals surface area contributed by atoms with Gasteiger partial charge < -0.3 is 15.1 Å². The topological polar surface area (TPSA) is 54.3 Å². The molecule has 0 fully saturated rings. The fourth-order valence-electron chi connectivity index (χ4n) is 1.83. The number of carbonyl (C=O) groups is 1. The molecule has 1 atom stereocenters. The number of aryl methyl sites for hydroxylation is 2. The van der Waals surface area contributed by atoms with E-state index in [0.717, 1.165) is 11.3 Å². The van der Waals surface area contributed by atoms with Gasteiger partial charge in [0, 0.05) is 0 Å². The number of carbonyl (C=O) groups excluding carboxylic acids is 1. The normalized spacial score (nSPS) is 12.0. The van der Waals surface area contributed by atoms with Gasteiger partial charge in [-0.25, -0.2) is 9.18 Å². The smallest absolute Gasteiger partial charge is 0.319 e. The molecule has 1 aromatic carbocycles. The fourth-order valence-corrected chi connectivity index (χ4v) is 1.83. The highest BCUT2D eigenvalue weighted by Crippen LogP contribution is 2.17. The van der Waals surface area contributed by atoms with Crippen LogP contribution in [0.25, 0.3) is 0 Å². The third-order valence-corrected chi connectivity index (χ3v) is 2.91. The highest BCUT2D eigenvalue weighted by Gasteiger charge is 2.13. The summed E-state index contributed by atoms with van der Waals surface area (Å²) in [5.74, 6) is 0.974. The molecule has 2 rings (SSSR count). The van der Waals surface area contributed by atoms with Crippen LogP contribution in [0.4, 0.5) is 14.9 Å². The van der Waals surface area contributed by atoms with Crippen LogP contribution in [-0.2, 0) is 0 Å². The minimum atomic E-state index is -0.477. The Labute approximate surface area is 117 Å². The number of rotatable bonds is 3. The van der Waals surface area contributed by atoms with Crippen molar-refractivity contribution >= 4 is 11.7 Å². The van der Waals surface area contributed by atoms with E-state index in [0.29, 0.717) is 5.76 Å². The average molecular weight is 276 g/mol. The number of furan rings is 1. The monoisotopic (exact) mass is 276 g/mol. The maximum Gasteiger partial charge on any atom is 0.319 e. The summed E-state index contributed by atoms with van der Waals surface area (Å²) in [5.41, 5.74) is 0.948. The SMILES string of the molecule is Cc1ccc(NC(=O)NC(C)c2ccc(C)o2)c(F)c1. The lowest BCUT2D eigenvalue weighted by atomic mass is 10.2. The van der Waals surface area contributed by atoms with E-state index in [1.165, 1.54) is 12.1 Å². The molecule has 106 valence electrons. The van der Waals surface area contributed by atoms with E-state index in [-0.39, 0.29) is 11.7 Å². The fraction of sp³-hybridized carbons (Fsp3) is 0.267. The molecule has 2 amide bonds. The Morgan fingerprint density at radius 3 is 2.60 bits per heavy atom.